The second-order valence-electron chi connectivity index (χ2n) is 10.1. The van der Waals surface area contributed by atoms with E-state index in [1.54, 1.807) is 6.92 Å². The van der Waals surface area contributed by atoms with E-state index in [2.05, 4.69) is 15.3 Å². The van der Waals surface area contributed by atoms with Crippen LogP contribution in [0.1, 0.15) is 57.9 Å². The molecule has 0 radical (unpaired) electrons. The van der Waals surface area contributed by atoms with Gasteiger partial charge in [0.05, 0.1) is 27.5 Å². The van der Waals surface area contributed by atoms with Crippen LogP contribution in [0.5, 0.6) is 5.88 Å². The Balaban J connectivity index is 1.27. The summed E-state index contributed by atoms with van der Waals surface area (Å²) >= 11 is 0. The molecule has 1 saturated carbocycles. The van der Waals surface area contributed by atoms with Crippen LogP contribution in [0.25, 0.3) is 0 Å². The van der Waals surface area contributed by atoms with Crippen molar-refractivity contribution in [2.75, 3.05) is 5.32 Å². The number of aromatic nitrogens is 2. The van der Waals surface area contributed by atoms with Crippen molar-refractivity contribution in [3.05, 3.63) is 35.9 Å². The van der Waals surface area contributed by atoms with Crippen LogP contribution in [0.4, 0.5) is 20.7 Å². The van der Waals surface area contributed by atoms with E-state index >= 15 is 0 Å². The van der Waals surface area contributed by atoms with Gasteiger partial charge in [0.25, 0.3) is 0 Å². The summed E-state index contributed by atoms with van der Waals surface area (Å²) in [4.78, 5) is 22.9. The summed E-state index contributed by atoms with van der Waals surface area (Å²) in [6.45, 7) is 5.47. The average molecular weight is 519 g/mol. The first-order chi connectivity index (χ1) is 17.1. The van der Waals surface area contributed by atoms with Gasteiger partial charge in [-0.2, -0.15) is 0 Å². The van der Waals surface area contributed by atoms with Crippen LogP contribution >= 0.6 is 0 Å². The maximum Gasteiger partial charge on any atom is 0.410 e. The molecule has 36 heavy (non-hydrogen) atoms. The van der Waals surface area contributed by atoms with Crippen LogP contribution in [-0.4, -0.2) is 58.9 Å². The zero-order valence-corrected chi connectivity index (χ0v) is 21.4. The Morgan fingerprint density at radius 2 is 1.83 bits per heavy atom. The molecule has 3 heterocycles. The molecule has 3 fully saturated rings. The number of benzene rings is 1. The Hall–Kier alpha value is -2.95. The van der Waals surface area contributed by atoms with Gasteiger partial charge in [-0.1, -0.05) is 0 Å². The molecule has 1 aliphatic carbocycles. The molecule has 2 unspecified atom stereocenters. The van der Waals surface area contributed by atoms with Crippen LogP contribution in [0.15, 0.2) is 29.4 Å². The largest absolute Gasteiger partial charge is 0.474 e. The molecule has 2 saturated heterocycles. The number of fused-ring (bicyclic) bond motifs is 2. The van der Waals surface area contributed by atoms with Crippen LogP contribution < -0.4 is 10.1 Å². The molecule has 2 aromatic rings. The van der Waals surface area contributed by atoms with Crippen LogP contribution in [0, 0.1) is 12.7 Å². The number of anilines is 2. The van der Waals surface area contributed by atoms with E-state index in [4.69, 9.17) is 9.47 Å². The van der Waals surface area contributed by atoms with Crippen molar-refractivity contribution in [1.82, 2.24) is 14.9 Å². The maximum atomic E-state index is 14.8. The summed E-state index contributed by atoms with van der Waals surface area (Å²) in [6, 6.07) is 4.02. The van der Waals surface area contributed by atoms with Gasteiger partial charge in [0.2, 0.25) is 5.88 Å². The molecular weight excluding hydrogens is 487 g/mol. The van der Waals surface area contributed by atoms with Crippen molar-refractivity contribution in [3.8, 4) is 5.88 Å². The van der Waals surface area contributed by atoms with E-state index in [0.717, 1.165) is 18.9 Å². The quantitative estimate of drug-likeness (QED) is 0.570. The van der Waals surface area contributed by atoms with Crippen LogP contribution in [0.2, 0.25) is 0 Å². The predicted octanol–water partition coefficient (Wildman–Crippen LogP) is 4.52. The summed E-state index contributed by atoms with van der Waals surface area (Å²) in [5.41, 5.74) is 0.730. The Labute approximate surface area is 210 Å². The average Bonchev–Trinajstić information content (AvgIpc) is 3.63. The minimum absolute atomic E-state index is 0.00488. The van der Waals surface area contributed by atoms with E-state index < -0.39 is 20.9 Å². The van der Waals surface area contributed by atoms with Gasteiger partial charge in [0.15, 0.2) is 9.84 Å². The number of ether oxygens (including phenoxy) is 2. The molecule has 1 amide bonds. The number of rotatable bonds is 7. The molecule has 1 N–H and O–H groups in total. The zero-order valence-electron chi connectivity index (χ0n) is 20.6. The molecule has 1 aromatic heterocycles. The molecule has 194 valence electrons. The molecule has 1 aromatic carbocycles. The fourth-order valence-corrected chi connectivity index (χ4v) is 6.76. The molecule has 3 atom stereocenters. The van der Waals surface area contributed by atoms with Gasteiger partial charge < -0.3 is 19.7 Å². The summed E-state index contributed by atoms with van der Waals surface area (Å²) < 4.78 is 51.3. The van der Waals surface area contributed by atoms with Gasteiger partial charge in [0.1, 0.15) is 24.1 Å². The minimum atomic E-state index is -3.47. The van der Waals surface area contributed by atoms with Gasteiger partial charge in [0, 0.05) is 24.9 Å². The summed E-state index contributed by atoms with van der Waals surface area (Å²) in [6.07, 6.45) is 5.24. The Bertz CT molecular complexity index is 1250. The first-order valence-electron chi connectivity index (χ1n) is 12.4. The highest BCUT2D eigenvalue weighted by Gasteiger charge is 2.45. The van der Waals surface area contributed by atoms with Crippen LogP contribution in [0.3, 0.4) is 0 Å². The number of piperidine rings is 1. The van der Waals surface area contributed by atoms with E-state index in [1.165, 1.54) is 18.5 Å². The molecule has 2 bridgehead atoms. The SMILES string of the molecule is Cc1c(Nc2ccc(S(=O)(=O)C3CC3)cc2F)ncnc1OC1CC2CC[C@@H](C1)N2C(=O)OC(C)C. The zero-order chi connectivity index (χ0) is 25.6. The van der Waals surface area contributed by atoms with Crippen molar-refractivity contribution < 1.29 is 27.1 Å². The Kier molecular flexibility index (Phi) is 6.52. The minimum Gasteiger partial charge on any atom is -0.474 e. The lowest BCUT2D eigenvalue weighted by Crippen LogP contribution is -2.50. The number of carbonyl (C=O) groups excluding carboxylic acids is 1. The van der Waals surface area contributed by atoms with Gasteiger partial charge in [-0.05, 0) is 64.7 Å². The first kappa shape index (κ1) is 24.7. The summed E-state index contributed by atoms with van der Waals surface area (Å²) in [7, 11) is -3.47. The number of hydrogen-bond donors (Lipinski definition) is 1. The fraction of sp³-hybridized carbons (Fsp3) is 0.560. The van der Waals surface area contributed by atoms with Gasteiger partial charge in [-0.25, -0.2) is 27.6 Å². The van der Waals surface area contributed by atoms with Gasteiger partial charge in [-0.15, -0.1) is 0 Å². The lowest BCUT2D eigenvalue weighted by atomic mass is 10.0. The Morgan fingerprint density at radius 3 is 2.44 bits per heavy atom. The molecule has 11 heteroatoms. The second-order valence-corrected chi connectivity index (χ2v) is 12.3. The Morgan fingerprint density at radius 1 is 1.14 bits per heavy atom. The predicted molar refractivity (Wildman–Crippen MR) is 131 cm³/mol. The number of hydrogen-bond acceptors (Lipinski definition) is 8. The summed E-state index contributed by atoms with van der Waals surface area (Å²) in [5.74, 6) is 0.0931. The third-order valence-corrected chi connectivity index (χ3v) is 9.30. The van der Waals surface area contributed by atoms with Crippen molar-refractivity contribution in [2.24, 2.45) is 0 Å². The van der Waals surface area contributed by atoms with Crippen LogP contribution in [-0.2, 0) is 14.6 Å². The maximum absolute atomic E-state index is 14.8. The van der Waals surface area contributed by atoms with Crippen molar-refractivity contribution >= 4 is 27.4 Å². The van der Waals surface area contributed by atoms with Crippen molar-refractivity contribution in [3.63, 3.8) is 0 Å². The molecule has 3 aliphatic rings. The number of nitrogens with one attached hydrogen (secondary N) is 1. The second kappa shape index (κ2) is 9.49. The van der Waals surface area contributed by atoms with E-state index in [9.17, 15) is 17.6 Å². The molecule has 0 spiro atoms. The number of halogens is 1. The topological polar surface area (TPSA) is 111 Å². The number of sulfone groups is 1. The highest BCUT2D eigenvalue weighted by molar-refractivity contribution is 7.92. The number of nitrogens with zero attached hydrogens (tertiary/aromatic N) is 3. The van der Waals surface area contributed by atoms with Crippen molar-refractivity contribution in [1.29, 1.82) is 0 Å². The molecule has 2 aliphatic heterocycles. The first-order valence-corrected chi connectivity index (χ1v) is 14.0. The van der Waals surface area contributed by atoms with E-state index in [-0.39, 0.29) is 41.0 Å². The number of amides is 1. The fourth-order valence-electron chi connectivity index (χ4n) is 5.09. The van der Waals surface area contributed by atoms with Gasteiger partial charge >= 0.3 is 6.09 Å². The highest BCUT2D eigenvalue weighted by atomic mass is 32.2. The molecule has 5 rings (SSSR count). The normalized spacial score (nSPS) is 23.6. The lowest BCUT2D eigenvalue weighted by molar-refractivity contribution is 0.0207. The summed E-state index contributed by atoms with van der Waals surface area (Å²) in [5, 5.41) is 2.54. The van der Waals surface area contributed by atoms with Gasteiger partial charge in [-0.3, -0.25) is 0 Å². The third-order valence-electron chi connectivity index (χ3n) is 7.04. The highest BCUT2D eigenvalue weighted by Crippen LogP contribution is 2.39. The lowest BCUT2D eigenvalue weighted by Gasteiger charge is -2.38. The van der Waals surface area contributed by atoms with Crippen molar-refractivity contribution in [2.45, 2.75) is 93.7 Å². The molecule has 9 nitrogen and oxygen atoms in total. The smallest absolute Gasteiger partial charge is 0.410 e. The van der Waals surface area contributed by atoms with E-state index in [0.29, 0.717) is 42.9 Å². The monoisotopic (exact) mass is 518 g/mol. The van der Waals surface area contributed by atoms with E-state index in [1.807, 2.05) is 18.7 Å². The number of carbonyl (C=O) groups is 1. The standard InChI is InChI=1S/C25H31FN4O5S/c1-14(2)34-25(31)30-16-4-5-17(30)11-18(10-16)35-24-15(3)23(27-13-28-24)29-22-9-8-20(12-21(22)26)36(32,33)19-6-7-19/h8-9,12-14,16-19H,4-7,10-11H2,1-3H3,(H,27,28,29)/t16-,17?,18?/m0/s1. The molecular formula is C25H31FN4O5S. The third kappa shape index (κ3) is 4.85.